The number of aromatic amines is 1. The zero-order chi connectivity index (χ0) is 29.4. The number of rotatable bonds is 4. The lowest BCUT2D eigenvalue weighted by Crippen LogP contribution is -2.16. The summed E-state index contributed by atoms with van der Waals surface area (Å²) in [4.78, 5) is 17.1. The number of benzene rings is 2. The third-order valence-corrected chi connectivity index (χ3v) is 5.69. The Morgan fingerprint density at radius 2 is 1.52 bits per heavy atom. The molecule has 0 aliphatic carbocycles. The summed E-state index contributed by atoms with van der Waals surface area (Å²) in [7, 11) is -3.67. The van der Waals surface area contributed by atoms with Gasteiger partial charge in [-0.2, -0.15) is 8.42 Å². The van der Waals surface area contributed by atoms with Gasteiger partial charge in [-0.3, -0.25) is 4.55 Å². The lowest BCUT2D eigenvalue weighted by atomic mass is 9.97. The van der Waals surface area contributed by atoms with Crippen LogP contribution in [0.1, 0.15) is 26.6 Å². The number of imidazole rings is 2. The van der Waals surface area contributed by atoms with E-state index in [4.69, 9.17) is 9.54 Å². The van der Waals surface area contributed by atoms with Crippen LogP contribution in [-0.4, -0.2) is 43.7 Å². The molecule has 0 unspecified atom stereocenters. The lowest BCUT2D eigenvalue weighted by Gasteiger charge is -2.20. The first-order chi connectivity index (χ1) is 18.6. The van der Waals surface area contributed by atoms with Crippen molar-refractivity contribution in [1.82, 2.24) is 24.5 Å². The fourth-order valence-corrected chi connectivity index (χ4v) is 4.14. The Morgan fingerprint density at radius 1 is 0.925 bits per heavy atom. The molecule has 0 spiro atoms. The second-order valence-corrected chi connectivity index (χ2v) is 12.0. The summed E-state index contributed by atoms with van der Waals surface area (Å²) in [5, 5.41) is 0. The molecular weight excluding hydrogens is 543 g/mol. The summed E-state index contributed by atoms with van der Waals surface area (Å²) in [5.41, 5.74) is 3.18. The molecule has 0 saturated carbocycles. The maximum absolute atomic E-state index is 14.6. The standard InChI is InChI=1S/C27H24F3N5.CH4O3S/c1-15-31-21-13-12-20(32-26(21)35(15)14-27(2,3)4)24-23(16-8-10-17(28)11-9-16)33-25(34-24)22-18(29)6-5-7-19(22)30;1-5(2,3)4/h5-13H,14H2,1-4H3,(H,33,34);1H3,(H,2,3,4). The normalized spacial score (nSPS) is 11.9. The molecule has 0 aliphatic heterocycles. The smallest absolute Gasteiger partial charge is 0.261 e. The third kappa shape index (κ3) is 6.75. The highest BCUT2D eigenvalue weighted by atomic mass is 32.2. The number of nitrogens with one attached hydrogen (secondary N) is 1. The van der Waals surface area contributed by atoms with Crippen molar-refractivity contribution < 1.29 is 26.1 Å². The van der Waals surface area contributed by atoms with Gasteiger partial charge in [0.15, 0.2) is 5.65 Å². The second-order valence-electron chi connectivity index (χ2n) is 10.5. The number of halogens is 3. The van der Waals surface area contributed by atoms with Gasteiger partial charge in [0.25, 0.3) is 10.1 Å². The maximum atomic E-state index is 14.6. The Morgan fingerprint density at radius 3 is 2.10 bits per heavy atom. The van der Waals surface area contributed by atoms with Gasteiger partial charge in [0.05, 0.1) is 28.9 Å². The van der Waals surface area contributed by atoms with Crippen molar-refractivity contribution in [3.8, 4) is 34.0 Å². The molecule has 0 bridgehead atoms. The Hall–Kier alpha value is -4.03. The molecule has 0 aliphatic rings. The van der Waals surface area contributed by atoms with Gasteiger partial charge in [-0.1, -0.05) is 26.8 Å². The van der Waals surface area contributed by atoms with Crippen LogP contribution in [0.4, 0.5) is 13.2 Å². The van der Waals surface area contributed by atoms with Gasteiger partial charge in [-0.25, -0.2) is 28.1 Å². The van der Waals surface area contributed by atoms with Crippen molar-refractivity contribution in [3.05, 3.63) is 77.9 Å². The van der Waals surface area contributed by atoms with Crippen LogP contribution >= 0.6 is 0 Å². The summed E-state index contributed by atoms with van der Waals surface area (Å²) in [6.45, 7) is 9.06. The molecule has 0 atom stereocenters. The highest BCUT2D eigenvalue weighted by Gasteiger charge is 2.22. The van der Waals surface area contributed by atoms with Crippen molar-refractivity contribution in [2.75, 3.05) is 6.26 Å². The van der Waals surface area contributed by atoms with Crippen LogP contribution in [0, 0.1) is 29.8 Å². The summed E-state index contributed by atoms with van der Waals surface area (Å²) in [5.74, 6) is -1.00. The van der Waals surface area contributed by atoms with E-state index in [9.17, 15) is 21.6 Å². The van der Waals surface area contributed by atoms with E-state index >= 15 is 0 Å². The summed E-state index contributed by atoms with van der Waals surface area (Å²) in [6, 6.07) is 13.1. The first kappa shape index (κ1) is 29.0. The number of nitrogens with zero attached hydrogens (tertiary/aromatic N) is 4. The van der Waals surface area contributed by atoms with Gasteiger partial charge in [-0.15, -0.1) is 0 Å². The van der Waals surface area contributed by atoms with Crippen molar-refractivity contribution >= 4 is 21.3 Å². The quantitative estimate of drug-likeness (QED) is 0.240. The molecule has 0 fully saturated rings. The molecule has 8 nitrogen and oxygen atoms in total. The number of aryl methyl sites for hydroxylation is 1. The first-order valence-corrected chi connectivity index (χ1v) is 14.0. The molecule has 2 N–H and O–H groups in total. The molecule has 12 heteroatoms. The first-order valence-electron chi connectivity index (χ1n) is 12.2. The number of H-pyrrole nitrogens is 1. The zero-order valence-corrected chi connectivity index (χ0v) is 23.3. The predicted octanol–water partition coefficient (Wildman–Crippen LogP) is 6.43. The van der Waals surface area contributed by atoms with Crippen LogP contribution in [0.25, 0.3) is 45.2 Å². The van der Waals surface area contributed by atoms with E-state index in [-0.39, 0.29) is 16.8 Å². The van der Waals surface area contributed by atoms with Crippen LogP contribution in [0.15, 0.2) is 54.6 Å². The monoisotopic (exact) mass is 571 g/mol. The van der Waals surface area contributed by atoms with Gasteiger partial charge in [0, 0.05) is 12.1 Å². The molecule has 2 aromatic carbocycles. The molecular formula is C28H28F3N5O3S. The van der Waals surface area contributed by atoms with E-state index in [0.717, 1.165) is 11.3 Å². The van der Waals surface area contributed by atoms with E-state index in [1.807, 2.05) is 13.0 Å². The molecule has 40 heavy (non-hydrogen) atoms. The second kappa shape index (κ2) is 10.9. The van der Waals surface area contributed by atoms with E-state index in [2.05, 4.69) is 40.3 Å². The molecule has 5 rings (SSSR count). The fraction of sp³-hybridized carbons (Fsp3) is 0.250. The summed E-state index contributed by atoms with van der Waals surface area (Å²) >= 11 is 0. The zero-order valence-electron chi connectivity index (χ0n) is 22.5. The minimum Gasteiger partial charge on any atom is -0.336 e. The van der Waals surface area contributed by atoms with Crippen molar-refractivity contribution in [1.29, 1.82) is 0 Å². The molecule has 210 valence electrons. The number of hydrogen-bond donors (Lipinski definition) is 2. The van der Waals surface area contributed by atoms with Crippen LogP contribution in [-0.2, 0) is 16.7 Å². The third-order valence-electron chi connectivity index (χ3n) is 5.69. The fourth-order valence-electron chi connectivity index (χ4n) is 4.14. The average Bonchev–Trinajstić information content (AvgIpc) is 3.39. The Bertz CT molecular complexity index is 1760. The summed E-state index contributed by atoms with van der Waals surface area (Å²) < 4.78 is 70.7. The maximum Gasteiger partial charge on any atom is 0.261 e. The number of aromatic nitrogens is 5. The topological polar surface area (TPSA) is 114 Å². The van der Waals surface area contributed by atoms with Gasteiger partial charge in [0.1, 0.15) is 34.6 Å². The van der Waals surface area contributed by atoms with Gasteiger partial charge in [-0.05, 0) is 60.9 Å². The Labute approximate surface area is 229 Å². The van der Waals surface area contributed by atoms with Gasteiger partial charge >= 0.3 is 0 Å². The SMILES string of the molecule is CS(=O)(=O)O.Cc1nc2ccc(-c3[nH]c(-c4c(F)cccc4F)nc3-c3ccc(F)cc3)nc2n1CC(C)(C)C. The van der Waals surface area contributed by atoms with Crippen LogP contribution in [0.5, 0.6) is 0 Å². The summed E-state index contributed by atoms with van der Waals surface area (Å²) in [6.07, 6.45) is 0.715. The molecule has 0 radical (unpaired) electrons. The molecule has 0 amide bonds. The minimum atomic E-state index is -3.67. The van der Waals surface area contributed by atoms with Gasteiger partial charge in [0.2, 0.25) is 0 Å². The van der Waals surface area contributed by atoms with E-state index in [1.54, 1.807) is 18.2 Å². The Balaban J connectivity index is 0.000000681. The van der Waals surface area contributed by atoms with E-state index in [0.29, 0.717) is 41.1 Å². The van der Waals surface area contributed by atoms with Crippen LogP contribution < -0.4 is 0 Å². The molecule has 0 saturated heterocycles. The predicted molar refractivity (Wildman–Crippen MR) is 148 cm³/mol. The highest BCUT2D eigenvalue weighted by Crippen LogP contribution is 2.35. The lowest BCUT2D eigenvalue weighted by molar-refractivity contribution is 0.344. The number of fused-ring (bicyclic) bond motifs is 1. The molecule has 5 aromatic rings. The Kier molecular flexibility index (Phi) is 7.86. The minimum absolute atomic E-state index is 0.00112. The average molecular weight is 572 g/mol. The van der Waals surface area contributed by atoms with E-state index < -0.39 is 27.6 Å². The van der Waals surface area contributed by atoms with Crippen LogP contribution in [0.3, 0.4) is 0 Å². The number of pyridine rings is 1. The van der Waals surface area contributed by atoms with Crippen molar-refractivity contribution in [2.45, 2.75) is 34.2 Å². The van der Waals surface area contributed by atoms with Crippen molar-refractivity contribution in [2.24, 2.45) is 5.41 Å². The van der Waals surface area contributed by atoms with Gasteiger partial charge < -0.3 is 9.55 Å². The number of hydrogen-bond acceptors (Lipinski definition) is 5. The van der Waals surface area contributed by atoms with E-state index in [1.165, 1.54) is 30.3 Å². The van der Waals surface area contributed by atoms with Crippen LogP contribution in [0.2, 0.25) is 0 Å². The van der Waals surface area contributed by atoms with Crippen molar-refractivity contribution in [3.63, 3.8) is 0 Å². The molecule has 3 heterocycles. The highest BCUT2D eigenvalue weighted by molar-refractivity contribution is 7.85. The largest absolute Gasteiger partial charge is 0.336 e. The molecule has 3 aromatic heterocycles.